The van der Waals surface area contributed by atoms with Crippen LogP contribution in [0.2, 0.25) is 0 Å². The summed E-state index contributed by atoms with van der Waals surface area (Å²) in [4.78, 5) is 4.50. The summed E-state index contributed by atoms with van der Waals surface area (Å²) in [5.41, 5.74) is 11.3. The summed E-state index contributed by atoms with van der Waals surface area (Å²) in [5.74, 6) is 1.26. The van der Waals surface area contributed by atoms with Gasteiger partial charge < -0.3 is 10.5 Å². The molecule has 0 saturated heterocycles. The SMILES string of the molecule is Cc1cccc(-n2c(N)nc3cc(OCc4ccccc4)ccc32)c1. The Bertz CT molecular complexity index is 1020. The van der Waals surface area contributed by atoms with Gasteiger partial charge in [0.05, 0.1) is 11.0 Å². The molecule has 3 aromatic carbocycles. The van der Waals surface area contributed by atoms with E-state index in [0.29, 0.717) is 12.6 Å². The molecule has 0 bridgehead atoms. The lowest BCUT2D eigenvalue weighted by atomic mass is 10.2. The quantitative estimate of drug-likeness (QED) is 0.600. The van der Waals surface area contributed by atoms with Crippen LogP contribution in [0.3, 0.4) is 0 Å². The molecular formula is C21H19N3O. The highest BCUT2D eigenvalue weighted by atomic mass is 16.5. The number of hydrogen-bond acceptors (Lipinski definition) is 3. The van der Waals surface area contributed by atoms with Crippen molar-refractivity contribution in [1.82, 2.24) is 9.55 Å². The second kappa shape index (κ2) is 6.32. The van der Waals surface area contributed by atoms with Crippen molar-refractivity contribution >= 4 is 17.0 Å². The topological polar surface area (TPSA) is 53.1 Å². The van der Waals surface area contributed by atoms with Crippen molar-refractivity contribution in [2.24, 2.45) is 0 Å². The highest BCUT2D eigenvalue weighted by Crippen LogP contribution is 2.27. The monoisotopic (exact) mass is 329 g/mol. The first-order valence-electron chi connectivity index (χ1n) is 8.22. The highest BCUT2D eigenvalue weighted by Gasteiger charge is 2.11. The van der Waals surface area contributed by atoms with Crippen LogP contribution in [0.4, 0.5) is 5.95 Å². The maximum atomic E-state index is 6.16. The molecule has 0 fully saturated rings. The van der Waals surface area contributed by atoms with Gasteiger partial charge >= 0.3 is 0 Å². The van der Waals surface area contributed by atoms with E-state index in [9.17, 15) is 0 Å². The van der Waals surface area contributed by atoms with Crippen LogP contribution in [0, 0.1) is 6.92 Å². The van der Waals surface area contributed by atoms with Gasteiger partial charge in [0.15, 0.2) is 0 Å². The standard InChI is InChI=1S/C21H19N3O/c1-15-6-5-9-17(12-15)24-20-11-10-18(13-19(20)23-21(24)22)25-14-16-7-3-2-4-8-16/h2-13H,14H2,1H3,(H2,22,23). The minimum Gasteiger partial charge on any atom is -0.489 e. The third kappa shape index (κ3) is 3.06. The number of aryl methyl sites for hydroxylation is 1. The lowest BCUT2D eigenvalue weighted by Gasteiger charge is -2.08. The first kappa shape index (κ1) is 15.3. The fourth-order valence-electron chi connectivity index (χ4n) is 2.95. The smallest absolute Gasteiger partial charge is 0.205 e. The number of nitrogen functional groups attached to an aromatic ring is 1. The molecule has 4 heteroatoms. The van der Waals surface area contributed by atoms with Gasteiger partial charge in [-0.15, -0.1) is 0 Å². The van der Waals surface area contributed by atoms with Gasteiger partial charge in [-0.05, 0) is 42.3 Å². The van der Waals surface area contributed by atoms with E-state index in [-0.39, 0.29) is 0 Å². The molecule has 0 atom stereocenters. The van der Waals surface area contributed by atoms with Crippen LogP contribution < -0.4 is 10.5 Å². The number of benzene rings is 3. The molecule has 1 heterocycles. The molecule has 4 aromatic rings. The largest absolute Gasteiger partial charge is 0.489 e. The number of imidazole rings is 1. The molecule has 0 unspecified atom stereocenters. The number of nitrogens with zero attached hydrogens (tertiary/aromatic N) is 2. The first-order chi connectivity index (χ1) is 12.2. The number of aromatic nitrogens is 2. The molecule has 124 valence electrons. The second-order valence-corrected chi connectivity index (χ2v) is 6.07. The summed E-state index contributed by atoms with van der Waals surface area (Å²) in [7, 11) is 0. The normalized spacial score (nSPS) is 10.9. The Balaban J connectivity index is 1.66. The fraction of sp³-hybridized carbons (Fsp3) is 0.0952. The Morgan fingerprint density at radius 1 is 0.960 bits per heavy atom. The van der Waals surface area contributed by atoms with Crippen LogP contribution in [-0.2, 0) is 6.61 Å². The average molecular weight is 329 g/mol. The van der Waals surface area contributed by atoms with E-state index in [1.165, 1.54) is 5.56 Å². The van der Waals surface area contributed by atoms with E-state index in [2.05, 4.69) is 24.0 Å². The van der Waals surface area contributed by atoms with Gasteiger partial charge in [0.25, 0.3) is 0 Å². The Morgan fingerprint density at radius 2 is 1.80 bits per heavy atom. The molecule has 0 aliphatic rings. The molecule has 0 aliphatic heterocycles. The highest BCUT2D eigenvalue weighted by molar-refractivity contribution is 5.82. The molecule has 1 aromatic heterocycles. The number of rotatable bonds is 4. The molecule has 4 nitrogen and oxygen atoms in total. The van der Waals surface area contributed by atoms with Gasteiger partial charge in [-0.1, -0.05) is 42.5 Å². The summed E-state index contributed by atoms with van der Waals surface area (Å²) in [6, 6.07) is 24.2. The van der Waals surface area contributed by atoms with Crippen molar-refractivity contribution in [2.75, 3.05) is 5.73 Å². The average Bonchev–Trinajstić information content (AvgIpc) is 2.96. The van der Waals surface area contributed by atoms with Gasteiger partial charge in [-0.25, -0.2) is 4.98 Å². The molecule has 0 amide bonds. The number of ether oxygens (including phenoxy) is 1. The van der Waals surface area contributed by atoms with Crippen LogP contribution in [0.25, 0.3) is 16.7 Å². The number of anilines is 1. The van der Waals surface area contributed by atoms with E-state index in [4.69, 9.17) is 10.5 Å². The summed E-state index contributed by atoms with van der Waals surface area (Å²) < 4.78 is 7.85. The molecule has 25 heavy (non-hydrogen) atoms. The van der Waals surface area contributed by atoms with Crippen molar-refractivity contribution in [1.29, 1.82) is 0 Å². The summed E-state index contributed by atoms with van der Waals surface area (Å²) >= 11 is 0. The Hall–Kier alpha value is -3.27. The minimum atomic E-state index is 0.473. The van der Waals surface area contributed by atoms with Crippen LogP contribution in [-0.4, -0.2) is 9.55 Å². The minimum absolute atomic E-state index is 0.473. The Kier molecular flexibility index (Phi) is 3.86. The summed E-state index contributed by atoms with van der Waals surface area (Å²) in [5, 5.41) is 0. The molecule has 2 N–H and O–H groups in total. The van der Waals surface area contributed by atoms with Crippen LogP contribution in [0.1, 0.15) is 11.1 Å². The van der Waals surface area contributed by atoms with Gasteiger partial charge in [0.2, 0.25) is 5.95 Å². The van der Waals surface area contributed by atoms with Crippen LogP contribution >= 0.6 is 0 Å². The van der Waals surface area contributed by atoms with Gasteiger partial charge in [0, 0.05) is 11.8 Å². The van der Waals surface area contributed by atoms with E-state index in [1.807, 2.05) is 65.2 Å². The Morgan fingerprint density at radius 3 is 2.60 bits per heavy atom. The van der Waals surface area contributed by atoms with Gasteiger partial charge in [0.1, 0.15) is 12.4 Å². The lowest BCUT2D eigenvalue weighted by Crippen LogP contribution is -2.00. The molecular weight excluding hydrogens is 310 g/mol. The number of hydrogen-bond donors (Lipinski definition) is 1. The summed E-state index contributed by atoms with van der Waals surface area (Å²) in [6.07, 6.45) is 0. The van der Waals surface area contributed by atoms with Crippen molar-refractivity contribution in [3.05, 3.63) is 83.9 Å². The van der Waals surface area contributed by atoms with Gasteiger partial charge in [-0.2, -0.15) is 0 Å². The Labute approximate surface area is 146 Å². The second-order valence-electron chi connectivity index (χ2n) is 6.07. The van der Waals surface area contributed by atoms with E-state index < -0.39 is 0 Å². The van der Waals surface area contributed by atoms with Gasteiger partial charge in [-0.3, -0.25) is 4.57 Å². The lowest BCUT2D eigenvalue weighted by molar-refractivity contribution is 0.306. The maximum absolute atomic E-state index is 6.16. The third-order valence-corrected chi connectivity index (χ3v) is 4.16. The predicted molar refractivity (Wildman–Crippen MR) is 101 cm³/mol. The maximum Gasteiger partial charge on any atom is 0.205 e. The molecule has 0 saturated carbocycles. The first-order valence-corrected chi connectivity index (χ1v) is 8.22. The molecule has 0 aliphatic carbocycles. The molecule has 4 rings (SSSR count). The number of fused-ring (bicyclic) bond motifs is 1. The number of nitrogens with two attached hydrogens (primary N) is 1. The fourth-order valence-corrected chi connectivity index (χ4v) is 2.95. The van der Waals surface area contributed by atoms with E-state index >= 15 is 0 Å². The van der Waals surface area contributed by atoms with Crippen molar-refractivity contribution in [2.45, 2.75) is 13.5 Å². The van der Waals surface area contributed by atoms with E-state index in [0.717, 1.165) is 28.0 Å². The van der Waals surface area contributed by atoms with Crippen molar-refractivity contribution in [3.63, 3.8) is 0 Å². The zero-order valence-corrected chi connectivity index (χ0v) is 14.0. The molecule has 0 radical (unpaired) electrons. The van der Waals surface area contributed by atoms with Crippen molar-refractivity contribution in [3.8, 4) is 11.4 Å². The predicted octanol–water partition coefficient (Wildman–Crippen LogP) is 4.50. The van der Waals surface area contributed by atoms with Crippen LogP contribution in [0.15, 0.2) is 72.8 Å². The third-order valence-electron chi connectivity index (χ3n) is 4.16. The molecule has 0 spiro atoms. The van der Waals surface area contributed by atoms with Crippen LogP contribution in [0.5, 0.6) is 5.75 Å². The van der Waals surface area contributed by atoms with Crippen molar-refractivity contribution < 1.29 is 4.74 Å². The zero-order valence-electron chi connectivity index (χ0n) is 14.0. The zero-order chi connectivity index (χ0) is 17.2. The van der Waals surface area contributed by atoms with E-state index in [1.54, 1.807) is 0 Å². The summed E-state index contributed by atoms with van der Waals surface area (Å²) in [6.45, 7) is 2.59.